The SMILES string of the molecule is C.C.CN=C=O.CNC(=O)N[C@@H]1CCc2cc(-c3noc(C(F)F)n3)ccc21.Cl.N[C@@H]1CCc2cc(-c3noc(C(F)F)n3)ccc21. The van der Waals surface area contributed by atoms with E-state index >= 15 is 0 Å². The lowest BCUT2D eigenvalue weighted by atomic mass is 10.0. The second-order valence-corrected chi connectivity index (χ2v) is 9.62. The zero-order valence-electron chi connectivity index (χ0n) is 24.0. The topological polar surface area (TPSA) is 174 Å². The number of urea groups is 1. The van der Waals surface area contributed by atoms with Crippen LogP contribution in [0.15, 0.2) is 50.4 Å². The molecule has 4 N–H and O–H groups in total. The fourth-order valence-electron chi connectivity index (χ4n) is 4.81. The maximum atomic E-state index is 12.5. The lowest BCUT2D eigenvalue weighted by Gasteiger charge is -2.13. The summed E-state index contributed by atoms with van der Waals surface area (Å²) < 4.78 is 58.7. The van der Waals surface area contributed by atoms with Crippen LogP contribution in [0.25, 0.3) is 22.8 Å². The number of carbonyl (C=O) groups excluding carboxylic acids is 2. The van der Waals surface area contributed by atoms with Gasteiger partial charge in [0.2, 0.25) is 17.7 Å². The molecule has 2 aromatic carbocycles. The zero-order valence-corrected chi connectivity index (χ0v) is 24.8. The van der Waals surface area contributed by atoms with Crippen molar-refractivity contribution in [1.82, 2.24) is 30.9 Å². The number of nitrogens with zero attached hydrogens (tertiary/aromatic N) is 5. The molecule has 12 nitrogen and oxygen atoms in total. The van der Waals surface area contributed by atoms with Crippen LogP contribution in [0.4, 0.5) is 22.4 Å². The van der Waals surface area contributed by atoms with Gasteiger partial charge in [0, 0.05) is 31.3 Å². The molecule has 0 saturated carbocycles. The smallest absolute Gasteiger partial charge is 0.315 e. The summed E-state index contributed by atoms with van der Waals surface area (Å²) in [4.78, 5) is 30.6. The number of alkyl halides is 4. The molecule has 6 rings (SSSR count). The van der Waals surface area contributed by atoms with E-state index < -0.39 is 24.6 Å². The number of hydrogen-bond donors (Lipinski definition) is 3. The van der Waals surface area contributed by atoms with Gasteiger partial charge in [-0.05, 0) is 60.1 Å². The van der Waals surface area contributed by atoms with Gasteiger partial charge in [-0.1, -0.05) is 49.4 Å². The van der Waals surface area contributed by atoms with E-state index in [0.717, 1.165) is 47.9 Å². The van der Waals surface area contributed by atoms with E-state index in [9.17, 15) is 22.4 Å². The molecule has 256 valence electrons. The minimum absolute atomic E-state index is 0. The second-order valence-electron chi connectivity index (χ2n) is 9.62. The predicted molar refractivity (Wildman–Crippen MR) is 168 cm³/mol. The van der Waals surface area contributed by atoms with Gasteiger partial charge in [0.25, 0.3) is 11.8 Å². The Morgan fingerprint density at radius 2 is 1.38 bits per heavy atom. The summed E-state index contributed by atoms with van der Waals surface area (Å²) in [6.45, 7) is 0. The third-order valence-corrected chi connectivity index (χ3v) is 6.88. The Kier molecular flexibility index (Phi) is 15.9. The van der Waals surface area contributed by atoms with Crippen molar-refractivity contribution in [2.24, 2.45) is 10.7 Å². The van der Waals surface area contributed by atoms with Crippen LogP contribution in [0.1, 0.15) is 86.7 Å². The van der Waals surface area contributed by atoms with Gasteiger partial charge in [-0.15, -0.1) is 12.4 Å². The van der Waals surface area contributed by atoms with Crippen LogP contribution in [0.2, 0.25) is 0 Å². The van der Waals surface area contributed by atoms with E-state index in [-0.39, 0.29) is 57.0 Å². The van der Waals surface area contributed by atoms with Crippen LogP contribution in [-0.4, -0.2) is 46.5 Å². The number of halogens is 5. The number of fused-ring (bicyclic) bond motifs is 2. The van der Waals surface area contributed by atoms with Gasteiger partial charge in [0.1, 0.15) is 0 Å². The molecule has 0 bridgehead atoms. The van der Waals surface area contributed by atoms with Crippen molar-refractivity contribution >= 4 is 24.5 Å². The molecule has 47 heavy (non-hydrogen) atoms. The molecular weight excluding hydrogens is 648 g/mol. The number of carbonyl (C=O) groups is 1. The first-order valence-electron chi connectivity index (χ1n) is 13.3. The number of aryl methyl sites for hydroxylation is 2. The van der Waals surface area contributed by atoms with Gasteiger partial charge < -0.3 is 25.4 Å². The number of rotatable bonds is 5. The van der Waals surface area contributed by atoms with Crippen LogP contribution in [0, 0.1) is 0 Å². The zero-order chi connectivity index (χ0) is 31.8. The van der Waals surface area contributed by atoms with E-state index in [0.29, 0.717) is 11.1 Å². The Balaban J connectivity index is 0.000000404. The van der Waals surface area contributed by atoms with Crippen LogP contribution < -0.4 is 16.4 Å². The van der Waals surface area contributed by atoms with Crippen molar-refractivity contribution in [1.29, 1.82) is 0 Å². The van der Waals surface area contributed by atoms with Crippen LogP contribution in [0.3, 0.4) is 0 Å². The number of benzene rings is 2. The first-order chi connectivity index (χ1) is 21.1. The highest BCUT2D eigenvalue weighted by molar-refractivity contribution is 5.85. The Hall–Kier alpha value is -4.66. The Labute approximate surface area is 275 Å². The van der Waals surface area contributed by atoms with E-state index in [1.54, 1.807) is 19.2 Å². The average molecular weight is 685 g/mol. The van der Waals surface area contributed by atoms with Gasteiger partial charge in [0.15, 0.2) is 0 Å². The second kappa shape index (κ2) is 18.5. The van der Waals surface area contributed by atoms with E-state index in [2.05, 4.69) is 45.0 Å². The third kappa shape index (κ3) is 9.91. The van der Waals surface area contributed by atoms with Gasteiger partial charge >= 0.3 is 18.9 Å². The van der Waals surface area contributed by atoms with Crippen molar-refractivity contribution < 1.29 is 36.2 Å². The molecule has 2 aliphatic carbocycles. The molecule has 4 aromatic rings. The van der Waals surface area contributed by atoms with Gasteiger partial charge in [-0.3, -0.25) is 0 Å². The van der Waals surface area contributed by atoms with Crippen LogP contribution in [-0.2, 0) is 17.6 Å². The van der Waals surface area contributed by atoms with Crippen molar-refractivity contribution in [3.05, 3.63) is 70.4 Å². The number of isocyanates is 1. The Morgan fingerprint density at radius 3 is 1.83 bits per heavy atom. The largest absolute Gasteiger partial charge is 0.341 e. The molecule has 0 unspecified atom stereocenters. The third-order valence-electron chi connectivity index (χ3n) is 6.88. The number of nitrogens with two attached hydrogens (primary N) is 1. The summed E-state index contributed by atoms with van der Waals surface area (Å²) in [5.74, 6) is -1.01. The summed E-state index contributed by atoms with van der Waals surface area (Å²) in [5.41, 5.74) is 11.5. The molecular formula is C30H37ClF4N8O4. The fourth-order valence-corrected chi connectivity index (χ4v) is 4.81. The minimum Gasteiger partial charge on any atom is -0.341 e. The lowest BCUT2D eigenvalue weighted by molar-refractivity contribution is 0.106. The summed E-state index contributed by atoms with van der Waals surface area (Å²) in [6.07, 6.45) is -0.832. The lowest BCUT2D eigenvalue weighted by Crippen LogP contribution is -2.34. The predicted octanol–water partition coefficient (Wildman–Crippen LogP) is 6.86. The number of aromatic nitrogens is 4. The highest BCUT2D eigenvalue weighted by Crippen LogP contribution is 2.34. The van der Waals surface area contributed by atoms with Crippen LogP contribution >= 0.6 is 12.4 Å². The standard InChI is InChI=1S/C14H14F2N4O2.C12H11F2N3O.C2H3NO.2CH4.ClH/c1-17-14(21)18-10-5-3-7-6-8(2-4-9(7)10)12-19-13(11(15)16)22-20-12;13-10(14)12-16-11(17-18-12)7-1-3-8-6(5-7)2-4-9(8)15;1-3-2-4;;;/h2,4,6,10-11H,3,5H2,1H3,(H2,17,18,21);1,3,5,9-10H,2,4,15H2;1H3;2*1H4;1H/t10-;9-;;;;/m11..../s1. The summed E-state index contributed by atoms with van der Waals surface area (Å²) in [7, 11) is 2.94. The van der Waals surface area contributed by atoms with Gasteiger partial charge in [-0.2, -0.15) is 27.5 Å². The van der Waals surface area contributed by atoms with Crippen molar-refractivity contribution in [2.75, 3.05) is 14.1 Å². The monoisotopic (exact) mass is 684 g/mol. The fraction of sp³-hybridized carbons (Fsp3) is 0.400. The van der Waals surface area contributed by atoms with E-state index in [4.69, 9.17) is 10.5 Å². The van der Waals surface area contributed by atoms with Crippen molar-refractivity contribution in [2.45, 2.75) is 65.5 Å². The Bertz CT molecular complexity index is 1650. The van der Waals surface area contributed by atoms with Crippen LogP contribution in [0.5, 0.6) is 0 Å². The summed E-state index contributed by atoms with van der Waals surface area (Å²) in [6, 6.07) is 10.8. The van der Waals surface area contributed by atoms with E-state index in [1.165, 1.54) is 13.1 Å². The first kappa shape index (κ1) is 40.4. The Morgan fingerprint density at radius 1 is 0.915 bits per heavy atom. The maximum absolute atomic E-state index is 12.5. The molecule has 0 spiro atoms. The molecule has 2 atom stereocenters. The molecule has 0 aliphatic heterocycles. The van der Waals surface area contributed by atoms with Crippen molar-refractivity contribution in [3.63, 3.8) is 0 Å². The number of amides is 2. The molecule has 0 saturated heterocycles. The van der Waals surface area contributed by atoms with Crippen molar-refractivity contribution in [3.8, 4) is 22.8 Å². The van der Waals surface area contributed by atoms with E-state index in [1.807, 2.05) is 24.3 Å². The molecule has 2 aliphatic rings. The highest BCUT2D eigenvalue weighted by atomic mass is 35.5. The number of aliphatic imine (C=N–C) groups is 1. The average Bonchev–Trinajstić information content (AvgIpc) is 3.84. The molecule has 17 heteroatoms. The number of hydrogen-bond acceptors (Lipinski definition) is 10. The van der Waals surface area contributed by atoms with Gasteiger partial charge in [-0.25, -0.2) is 14.6 Å². The highest BCUT2D eigenvalue weighted by Gasteiger charge is 2.25. The molecule has 0 fully saturated rings. The molecule has 2 heterocycles. The van der Waals surface area contributed by atoms with Gasteiger partial charge in [0.05, 0.1) is 6.04 Å². The normalized spacial score (nSPS) is 15.2. The summed E-state index contributed by atoms with van der Waals surface area (Å²) in [5, 5.41) is 12.5. The first-order valence-corrected chi connectivity index (χ1v) is 13.3. The molecule has 0 radical (unpaired) electrons. The quantitative estimate of drug-likeness (QED) is 0.115. The summed E-state index contributed by atoms with van der Waals surface area (Å²) >= 11 is 0. The molecule has 2 amide bonds. The maximum Gasteiger partial charge on any atom is 0.315 e. The molecule has 2 aromatic heterocycles. The number of nitrogens with one attached hydrogen (secondary N) is 2. The minimum atomic E-state index is -2.78.